The minimum absolute atomic E-state index is 0.0111. The van der Waals surface area contributed by atoms with E-state index in [1.807, 2.05) is 24.3 Å². The molecule has 0 aliphatic carbocycles. The van der Waals surface area contributed by atoms with Gasteiger partial charge in [-0.15, -0.1) is 0 Å². The molecule has 2 aliphatic heterocycles. The number of rotatable bonds is 16. The third-order valence-corrected chi connectivity index (χ3v) is 9.82. The van der Waals surface area contributed by atoms with Gasteiger partial charge in [-0.1, -0.05) is 13.8 Å². The lowest BCUT2D eigenvalue weighted by molar-refractivity contribution is -0.119. The zero-order valence-electron chi connectivity index (χ0n) is 29.4. The zero-order valence-corrected chi connectivity index (χ0v) is 29.4. The van der Waals surface area contributed by atoms with Crippen LogP contribution in [0.3, 0.4) is 0 Å². The summed E-state index contributed by atoms with van der Waals surface area (Å²) in [5.41, 5.74) is 1.97. The molecule has 2 fully saturated rings. The van der Waals surface area contributed by atoms with E-state index >= 15 is 0 Å². The SMILES string of the molecule is COc1cc(OC)c(C(CCC(=O)CCC(c2c(OC)cc(OC)cc2OC)N2CCCC(C)C2)N2CCCC(C)C2)c(OC)c1. The van der Waals surface area contributed by atoms with E-state index < -0.39 is 0 Å². The van der Waals surface area contributed by atoms with E-state index in [0.717, 1.165) is 73.1 Å². The number of hydrogen-bond acceptors (Lipinski definition) is 9. The molecule has 46 heavy (non-hydrogen) atoms. The van der Waals surface area contributed by atoms with Crippen LogP contribution in [0.5, 0.6) is 34.5 Å². The number of ether oxygens (including phenoxy) is 6. The summed E-state index contributed by atoms with van der Waals surface area (Å²) >= 11 is 0. The highest BCUT2D eigenvalue weighted by Crippen LogP contribution is 2.45. The first-order chi connectivity index (χ1) is 22.3. The highest BCUT2D eigenvalue weighted by molar-refractivity contribution is 5.78. The van der Waals surface area contributed by atoms with Crippen LogP contribution in [-0.2, 0) is 4.79 Å². The predicted molar refractivity (Wildman–Crippen MR) is 181 cm³/mol. The lowest BCUT2D eigenvalue weighted by Gasteiger charge is -2.39. The number of ketones is 1. The molecule has 4 atom stereocenters. The summed E-state index contributed by atoms with van der Waals surface area (Å²) in [7, 11) is 10.0. The van der Waals surface area contributed by atoms with Gasteiger partial charge in [-0.25, -0.2) is 0 Å². The molecule has 0 aromatic heterocycles. The van der Waals surface area contributed by atoms with Crippen LogP contribution in [0.4, 0.5) is 0 Å². The number of benzene rings is 2. The smallest absolute Gasteiger partial charge is 0.133 e. The minimum atomic E-state index is -0.0111. The van der Waals surface area contributed by atoms with Crippen LogP contribution in [0.1, 0.15) is 88.4 Å². The summed E-state index contributed by atoms with van der Waals surface area (Å²) in [5, 5.41) is 0. The average Bonchev–Trinajstić information content (AvgIpc) is 3.08. The molecule has 0 N–H and O–H groups in total. The fourth-order valence-corrected chi connectivity index (χ4v) is 7.48. The van der Waals surface area contributed by atoms with Gasteiger partial charge in [0.05, 0.1) is 53.8 Å². The van der Waals surface area contributed by atoms with Crippen LogP contribution in [0.25, 0.3) is 0 Å². The number of hydrogen-bond donors (Lipinski definition) is 0. The molecule has 4 unspecified atom stereocenters. The maximum Gasteiger partial charge on any atom is 0.133 e. The number of methoxy groups -OCH3 is 6. The topological polar surface area (TPSA) is 78.9 Å². The van der Waals surface area contributed by atoms with Gasteiger partial charge >= 0.3 is 0 Å². The van der Waals surface area contributed by atoms with Crippen LogP contribution >= 0.6 is 0 Å². The largest absolute Gasteiger partial charge is 0.496 e. The fraction of sp³-hybridized carbons (Fsp3) is 0.649. The second kappa shape index (κ2) is 17.1. The Hall–Kier alpha value is -3.17. The van der Waals surface area contributed by atoms with Crippen molar-refractivity contribution in [3.05, 3.63) is 35.4 Å². The molecule has 256 valence electrons. The number of nitrogens with zero attached hydrogens (tertiary/aromatic N) is 2. The molecule has 0 bridgehead atoms. The van der Waals surface area contributed by atoms with Crippen molar-refractivity contribution in [2.75, 3.05) is 68.8 Å². The fourth-order valence-electron chi connectivity index (χ4n) is 7.48. The molecular weight excluding hydrogens is 584 g/mol. The molecule has 2 aromatic carbocycles. The Bertz CT molecular complexity index is 1140. The van der Waals surface area contributed by atoms with Crippen LogP contribution in [0.15, 0.2) is 24.3 Å². The molecular formula is C37H56N2O7. The Morgan fingerprint density at radius 1 is 0.630 bits per heavy atom. The van der Waals surface area contributed by atoms with Crippen molar-refractivity contribution in [3.8, 4) is 34.5 Å². The number of Topliss-reactive ketones (excluding diaryl/α,β-unsaturated/α-hetero) is 1. The molecule has 2 aliphatic rings. The summed E-state index contributed by atoms with van der Waals surface area (Å²) in [4.78, 5) is 18.9. The number of carbonyl (C=O) groups is 1. The summed E-state index contributed by atoms with van der Waals surface area (Å²) in [5.74, 6) is 5.70. The highest BCUT2D eigenvalue weighted by Gasteiger charge is 2.33. The first-order valence-electron chi connectivity index (χ1n) is 16.9. The zero-order chi connectivity index (χ0) is 33.2. The predicted octanol–water partition coefficient (Wildman–Crippen LogP) is 7.11. The maximum atomic E-state index is 13.8. The molecule has 0 amide bonds. The third-order valence-electron chi connectivity index (χ3n) is 9.82. The van der Waals surface area contributed by atoms with Crippen molar-refractivity contribution < 1.29 is 33.2 Å². The van der Waals surface area contributed by atoms with Gasteiger partial charge in [-0.3, -0.25) is 14.6 Å². The number of carbonyl (C=O) groups excluding carboxylic acids is 1. The summed E-state index contributed by atoms with van der Waals surface area (Å²) < 4.78 is 34.6. The normalized spacial score (nSPS) is 20.4. The van der Waals surface area contributed by atoms with Crippen molar-refractivity contribution in [3.63, 3.8) is 0 Å². The average molecular weight is 641 g/mol. The minimum Gasteiger partial charge on any atom is -0.496 e. The van der Waals surface area contributed by atoms with Crippen molar-refractivity contribution in [2.24, 2.45) is 11.8 Å². The van der Waals surface area contributed by atoms with Crippen molar-refractivity contribution >= 4 is 5.78 Å². The van der Waals surface area contributed by atoms with Gasteiger partial charge in [0, 0.05) is 62.3 Å². The van der Waals surface area contributed by atoms with Crippen LogP contribution in [-0.4, -0.2) is 84.4 Å². The van der Waals surface area contributed by atoms with E-state index in [2.05, 4.69) is 23.6 Å². The highest BCUT2D eigenvalue weighted by atomic mass is 16.5. The van der Waals surface area contributed by atoms with E-state index in [-0.39, 0.29) is 17.9 Å². The van der Waals surface area contributed by atoms with Gasteiger partial charge < -0.3 is 28.4 Å². The molecule has 0 radical (unpaired) electrons. The molecule has 4 rings (SSSR count). The number of likely N-dealkylation sites (tertiary alicyclic amines) is 2. The van der Waals surface area contributed by atoms with Crippen molar-refractivity contribution in [2.45, 2.75) is 77.3 Å². The number of piperidine rings is 2. The molecule has 0 spiro atoms. The lowest BCUT2D eigenvalue weighted by Crippen LogP contribution is -2.38. The van der Waals surface area contributed by atoms with E-state index in [1.165, 1.54) is 12.8 Å². The molecule has 2 saturated heterocycles. The Morgan fingerprint density at radius 2 is 0.978 bits per heavy atom. The quantitative estimate of drug-likeness (QED) is 0.191. The molecule has 0 saturated carbocycles. The van der Waals surface area contributed by atoms with Crippen LogP contribution < -0.4 is 28.4 Å². The van der Waals surface area contributed by atoms with Gasteiger partial charge in [0.1, 0.15) is 40.3 Å². The van der Waals surface area contributed by atoms with Gasteiger partial charge in [-0.05, 0) is 63.5 Å². The van der Waals surface area contributed by atoms with Gasteiger partial charge in [0.25, 0.3) is 0 Å². The van der Waals surface area contributed by atoms with E-state index in [1.54, 1.807) is 42.7 Å². The monoisotopic (exact) mass is 640 g/mol. The first kappa shape index (κ1) is 35.7. The Morgan fingerprint density at radius 3 is 1.26 bits per heavy atom. The van der Waals surface area contributed by atoms with Crippen LogP contribution in [0, 0.1) is 11.8 Å². The van der Waals surface area contributed by atoms with Gasteiger partial charge in [0.15, 0.2) is 0 Å². The van der Waals surface area contributed by atoms with E-state index in [4.69, 9.17) is 28.4 Å². The van der Waals surface area contributed by atoms with Crippen molar-refractivity contribution in [1.29, 1.82) is 0 Å². The maximum absolute atomic E-state index is 13.8. The molecule has 9 nitrogen and oxygen atoms in total. The first-order valence-corrected chi connectivity index (χ1v) is 16.9. The Balaban J connectivity index is 1.59. The second-order valence-electron chi connectivity index (χ2n) is 13.0. The van der Waals surface area contributed by atoms with Crippen LogP contribution in [0.2, 0.25) is 0 Å². The summed E-state index contributed by atoms with van der Waals surface area (Å²) in [6.45, 7) is 8.52. The Kier molecular flexibility index (Phi) is 13.3. The van der Waals surface area contributed by atoms with E-state index in [0.29, 0.717) is 49.0 Å². The second-order valence-corrected chi connectivity index (χ2v) is 13.0. The van der Waals surface area contributed by atoms with E-state index in [9.17, 15) is 4.79 Å². The van der Waals surface area contributed by atoms with Gasteiger partial charge in [0.2, 0.25) is 0 Å². The van der Waals surface area contributed by atoms with Crippen molar-refractivity contribution in [1.82, 2.24) is 9.80 Å². The molecule has 2 aromatic rings. The van der Waals surface area contributed by atoms with Gasteiger partial charge in [-0.2, -0.15) is 0 Å². The summed E-state index contributed by atoms with van der Waals surface area (Å²) in [6, 6.07) is 7.64. The lowest BCUT2D eigenvalue weighted by atomic mass is 9.90. The Labute approximate surface area is 276 Å². The standard InChI is InChI=1S/C37H56N2O7/c1-25-11-9-17-38(23-25)30(36-32(43-5)19-28(41-3)20-33(36)44-6)15-13-27(40)14-16-31(39-18-10-12-26(2)24-39)37-34(45-7)21-29(42-4)22-35(37)46-8/h19-22,25-26,30-31H,9-18,23-24H2,1-8H3. The molecule has 2 heterocycles. The summed E-state index contributed by atoms with van der Waals surface area (Å²) in [6.07, 6.45) is 7.00. The molecule has 9 heteroatoms. The third kappa shape index (κ3) is 8.59.